The summed E-state index contributed by atoms with van der Waals surface area (Å²) >= 11 is 5.77. The van der Waals surface area contributed by atoms with Gasteiger partial charge in [0.15, 0.2) is 0 Å². The molecule has 1 aromatic heterocycles. The van der Waals surface area contributed by atoms with E-state index in [-0.39, 0.29) is 0 Å². The summed E-state index contributed by atoms with van der Waals surface area (Å²) in [6.45, 7) is 3.85. The zero-order valence-corrected chi connectivity index (χ0v) is 7.71. The highest BCUT2D eigenvalue weighted by Gasteiger charge is 2.02. The van der Waals surface area contributed by atoms with Crippen LogP contribution in [0.4, 0.5) is 0 Å². The highest BCUT2D eigenvalue weighted by molar-refractivity contribution is 6.30. The fraction of sp³-hybridized carbons (Fsp3) is 0. The Hall–Kier alpha value is -1.21. The van der Waals surface area contributed by atoms with Gasteiger partial charge in [0.25, 0.3) is 0 Å². The van der Waals surface area contributed by atoms with Crippen molar-refractivity contribution in [1.29, 1.82) is 0 Å². The maximum atomic E-state index is 5.77. The molecule has 0 spiro atoms. The summed E-state index contributed by atoms with van der Waals surface area (Å²) in [5.41, 5.74) is 2.97. The van der Waals surface area contributed by atoms with Gasteiger partial charge < -0.3 is 4.42 Å². The zero-order chi connectivity index (χ0) is 9.26. The first-order valence-electron chi connectivity index (χ1n) is 3.91. The molecule has 2 heteroatoms. The Labute approximate surface area is 82.0 Å². The zero-order valence-electron chi connectivity index (χ0n) is 6.96. The highest BCUT2D eigenvalue weighted by atomic mass is 35.5. The van der Waals surface area contributed by atoms with Crippen LogP contribution in [-0.2, 0) is 0 Å². The monoisotopic (exact) mass is 191 g/mol. The molecule has 1 radical (unpaired) electrons. The van der Waals surface area contributed by atoms with Crippen LogP contribution in [0, 0.1) is 6.92 Å². The van der Waals surface area contributed by atoms with Crippen LogP contribution in [0.15, 0.2) is 41.2 Å². The summed E-state index contributed by atoms with van der Waals surface area (Å²) in [6.07, 6.45) is 3.31. The SMILES string of the molecule is [CH2]c1cocc1-c1ccc(Cl)cc1. The van der Waals surface area contributed by atoms with Crippen LogP contribution >= 0.6 is 11.6 Å². The van der Waals surface area contributed by atoms with Crippen molar-refractivity contribution in [3.8, 4) is 11.1 Å². The van der Waals surface area contributed by atoms with Gasteiger partial charge in [-0.15, -0.1) is 0 Å². The summed E-state index contributed by atoms with van der Waals surface area (Å²) in [4.78, 5) is 0. The van der Waals surface area contributed by atoms with Gasteiger partial charge in [-0.2, -0.15) is 0 Å². The van der Waals surface area contributed by atoms with Crippen molar-refractivity contribution in [3.63, 3.8) is 0 Å². The van der Waals surface area contributed by atoms with E-state index >= 15 is 0 Å². The average Bonchev–Trinajstić information content (AvgIpc) is 2.53. The predicted molar refractivity (Wildman–Crippen MR) is 53.6 cm³/mol. The molecule has 65 valence electrons. The van der Waals surface area contributed by atoms with Crippen molar-refractivity contribution in [2.24, 2.45) is 0 Å². The summed E-state index contributed by atoms with van der Waals surface area (Å²) in [5, 5.41) is 0.734. The first kappa shape index (κ1) is 8.39. The molecule has 0 N–H and O–H groups in total. The maximum Gasteiger partial charge on any atom is 0.0983 e. The molecule has 0 atom stereocenters. The molecular weight excluding hydrogens is 184 g/mol. The van der Waals surface area contributed by atoms with Crippen LogP contribution in [0.25, 0.3) is 11.1 Å². The van der Waals surface area contributed by atoms with Crippen molar-refractivity contribution >= 4 is 11.6 Å². The van der Waals surface area contributed by atoms with Gasteiger partial charge in [-0.05, 0) is 30.2 Å². The number of benzene rings is 1. The predicted octanol–water partition coefficient (Wildman–Crippen LogP) is 3.78. The first-order valence-corrected chi connectivity index (χ1v) is 4.29. The summed E-state index contributed by atoms with van der Waals surface area (Å²) < 4.78 is 5.03. The molecule has 0 amide bonds. The molecular formula is C11H8ClO. The minimum Gasteiger partial charge on any atom is -0.472 e. The van der Waals surface area contributed by atoms with Crippen LogP contribution in [0.1, 0.15) is 5.56 Å². The molecule has 1 aromatic carbocycles. The number of furan rings is 1. The van der Waals surface area contributed by atoms with E-state index in [9.17, 15) is 0 Å². The van der Waals surface area contributed by atoms with Crippen molar-refractivity contribution in [3.05, 3.63) is 54.3 Å². The maximum absolute atomic E-state index is 5.77. The van der Waals surface area contributed by atoms with Crippen molar-refractivity contribution < 1.29 is 4.42 Å². The van der Waals surface area contributed by atoms with Gasteiger partial charge in [-0.25, -0.2) is 0 Å². The lowest BCUT2D eigenvalue weighted by Gasteiger charge is -1.98. The van der Waals surface area contributed by atoms with Crippen LogP contribution in [0.2, 0.25) is 5.02 Å². The van der Waals surface area contributed by atoms with Gasteiger partial charge in [-0.3, -0.25) is 0 Å². The number of hydrogen-bond acceptors (Lipinski definition) is 1. The third-order valence-electron chi connectivity index (χ3n) is 1.90. The van der Waals surface area contributed by atoms with E-state index in [2.05, 4.69) is 6.92 Å². The molecule has 13 heavy (non-hydrogen) atoms. The van der Waals surface area contributed by atoms with Gasteiger partial charge >= 0.3 is 0 Å². The Morgan fingerprint density at radius 1 is 1.08 bits per heavy atom. The number of hydrogen-bond donors (Lipinski definition) is 0. The topological polar surface area (TPSA) is 13.1 Å². The van der Waals surface area contributed by atoms with E-state index in [4.69, 9.17) is 16.0 Å². The minimum atomic E-state index is 0.734. The van der Waals surface area contributed by atoms with Crippen molar-refractivity contribution in [1.82, 2.24) is 0 Å². The van der Waals surface area contributed by atoms with E-state index in [0.29, 0.717) is 0 Å². The fourth-order valence-electron chi connectivity index (χ4n) is 1.21. The molecule has 1 heterocycles. The average molecular weight is 192 g/mol. The van der Waals surface area contributed by atoms with Crippen LogP contribution in [-0.4, -0.2) is 0 Å². The Bertz CT molecular complexity index is 400. The fourth-order valence-corrected chi connectivity index (χ4v) is 1.33. The standard InChI is InChI=1S/C11H8ClO/c1-8-6-13-7-11(8)9-2-4-10(12)5-3-9/h2-7H,1H2. The molecule has 1 nitrogen and oxygen atoms in total. The lowest BCUT2D eigenvalue weighted by molar-refractivity contribution is 0.567. The molecule has 0 saturated carbocycles. The lowest BCUT2D eigenvalue weighted by atomic mass is 10.1. The second-order valence-corrected chi connectivity index (χ2v) is 3.25. The van der Waals surface area contributed by atoms with Gasteiger partial charge in [0.05, 0.1) is 12.5 Å². The molecule has 0 bridgehead atoms. The first-order chi connectivity index (χ1) is 6.27. The Balaban J connectivity index is 2.47. The van der Waals surface area contributed by atoms with E-state index in [1.807, 2.05) is 24.3 Å². The Morgan fingerprint density at radius 3 is 2.31 bits per heavy atom. The van der Waals surface area contributed by atoms with Gasteiger partial charge in [0.2, 0.25) is 0 Å². The summed E-state index contributed by atoms with van der Waals surface area (Å²) in [5.74, 6) is 0. The molecule has 0 fully saturated rings. The van der Waals surface area contributed by atoms with Crippen LogP contribution in [0.3, 0.4) is 0 Å². The third kappa shape index (κ3) is 1.61. The molecule has 0 aliphatic rings. The Morgan fingerprint density at radius 2 is 1.77 bits per heavy atom. The van der Waals surface area contributed by atoms with Gasteiger partial charge in [0.1, 0.15) is 0 Å². The summed E-state index contributed by atoms with van der Waals surface area (Å²) in [6, 6.07) is 7.59. The van der Waals surface area contributed by atoms with Crippen molar-refractivity contribution in [2.45, 2.75) is 0 Å². The van der Waals surface area contributed by atoms with Gasteiger partial charge in [-0.1, -0.05) is 23.7 Å². The third-order valence-corrected chi connectivity index (χ3v) is 2.15. The normalized spacial score (nSPS) is 10.3. The second kappa shape index (κ2) is 3.27. The van der Waals surface area contributed by atoms with E-state index < -0.39 is 0 Å². The van der Waals surface area contributed by atoms with E-state index in [0.717, 1.165) is 21.7 Å². The largest absolute Gasteiger partial charge is 0.472 e. The molecule has 2 aromatic rings. The lowest BCUT2D eigenvalue weighted by Crippen LogP contribution is -1.75. The quantitative estimate of drug-likeness (QED) is 0.669. The number of halogens is 1. The molecule has 0 unspecified atom stereocenters. The molecule has 2 rings (SSSR count). The van der Waals surface area contributed by atoms with Gasteiger partial charge in [0, 0.05) is 10.6 Å². The smallest absolute Gasteiger partial charge is 0.0983 e. The minimum absolute atomic E-state index is 0.734. The second-order valence-electron chi connectivity index (χ2n) is 2.82. The molecule has 0 aliphatic carbocycles. The Kier molecular flexibility index (Phi) is 2.11. The van der Waals surface area contributed by atoms with Crippen molar-refractivity contribution in [2.75, 3.05) is 0 Å². The number of rotatable bonds is 1. The molecule has 0 aliphatic heterocycles. The van der Waals surface area contributed by atoms with E-state index in [1.165, 1.54) is 0 Å². The van der Waals surface area contributed by atoms with Crippen LogP contribution < -0.4 is 0 Å². The molecule has 0 saturated heterocycles. The summed E-state index contributed by atoms with van der Waals surface area (Å²) in [7, 11) is 0. The van der Waals surface area contributed by atoms with E-state index in [1.54, 1.807) is 12.5 Å². The highest BCUT2D eigenvalue weighted by Crippen LogP contribution is 2.25. The van der Waals surface area contributed by atoms with Crippen LogP contribution in [0.5, 0.6) is 0 Å².